The lowest BCUT2D eigenvalue weighted by Crippen LogP contribution is -2.70. The Balaban J connectivity index is 2.37. The molecule has 0 bridgehead atoms. The number of hydrogen-bond donors (Lipinski definition) is 0. The second-order valence-electron chi connectivity index (χ2n) is 9.79. The van der Waals surface area contributed by atoms with E-state index in [1.807, 2.05) is 0 Å². The predicted octanol–water partition coefficient (Wildman–Crippen LogP) is 7.28. The highest BCUT2D eigenvalue weighted by atomic mass is 19.4. The van der Waals surface area contributed by atoms with Gasteiger partial charge in [0.25, 0.3) is 5.69 Å². The fourth-order valence-corrected chi connectivity index (χ4v) is 4.48. The Bertz CT molecular complexity index is 1420. The van der Waals surface area contributed by atoms with Crippen molar-refractivity contribution in [2.75, 3.05) is 13.7 Å². The first-order valence-electron chi connectivity index (χ1n) is 12.4. The van der Waals surface area contributed by atoms with Crippen LogP contribution in [0.2, 0.25) is 0 Å². The van der Waals surface area contributed by atoms with Gasteiger partial charge in [-0.2, -0.15) is 57.1 Å². The minimum Gasteiger partial charge on any atom is -0.468 e. The Morgan fingerprint density at radius 1 is 0.870 bits per heavy atom. The number of para-hydroxylation sites is 1. The first kappa shape index (κ1) is 38.2. The van der Waals surface area contributed by atoms with Gasteiger partial charge in [0.05, 0.1) is 24.2 Å². The minimum absolute atomic E-state index is 0.0141. The molecule has 258 valence electrons. The molecule has 1 aliphatic rings. The van der Waals surface area contributed by atoms with Crippen LogP contribution in [0.4, 0.5) is 62.8 Å². The molecule has 1 aromatic rings. The number of esters is 2. The largest absolute Gasteiger partial charge is 0.468 e. The number of halogens is 13. The molecular weight excluding hydrogens is 671 g/mol. The Morgan fingerprint density at radius 2 is 1.39 bits per heavy atom. The van der Waals surface area contributed by atoms with Gasteiger partial charge in [0.15, 0.2) is 0 Å². The van der Waals surface area contributed by atoms with Gasteiger partial charge in [-0.25, -0.2) is 4.79 Å². The van der Waals surface area contributed by atoms with Crippen LogP contribution in [-0.2, 0) is 19.1 Å². The summed E-state index contributed by atoms with van der Waals surface area (Å²) < 4.78 is 183. The van der Waals surface area contributed by atoms with Crippen LogP contribution >= 0.6 is 0 Å². The fourth-order valence-electron chi connectivity index (χ4n) is 4.48. The summed E-state index contributed by atoms with van der Waals surface area (Å²) in [6.07, 6.45) is -11.7. The SMILES string of the molecule is COC(=O)C1C(C)=NC(C)=C(C(=O)OCCCC(F)(F)C(F)(F)C(F)(F)C(F)(F)C(F)(F)C(F)(F)F)C1c1ccccc1[N+](=O)[O-]. The van der Waals surface area contributed by atoms with Gasteiger partial charge in [-0.15, -0.1) is 0 Å². The standard InChI is InChI=1S/C25H21F13N2O6/c1-11-15(18(41)45-3)17(13-7-4-5-8-14(13)40(43)44)16(12(2)39-11)19(42)46-10-6-9-20(26,27)21(28,29)22(30,31)23(32,33)24(34,35)25(36,37)38/h4-5,7-8,15,17H,6,9-10H2,1-3H3. The Morgan fingerprint density at radius 3 is 1.89 bits per heavy atom. The van der Waals surface area contributed by atoms with Crippen molar-refractivity contribution in [1.82, 2.24) is 0 Å². The Kier molecular flexibility index (Phi) is 10.6. The molecule has 0 saturated carbocycles. The number of allylic oxidation sites excluding steroid dienone is 1. The highest BCUT2D eigenvalue weighted by molar-refractivity contribution is 6.07. The molecule has 0 amide bonds. The fraction of sp³-hybridized carbons (Fsp3) is 0.560. The van der Waals surface area contributed by atoms with Gasteiger partial charge in [0.1, 0.15) is 5.92 Å². The van der Waals surface area contributed by atoms with E-state index in [9.17, 15) is 76.8 Å². The molecule has 1 aliphatic heterocycles. The van der Waals surface area contributed by atoms with E-state index in [0.717, 1.165) is 26.2 Å². The molecule has 0 radical (unpaired) electrons. The molecule has 1 heterocycles. The van der Waals surface area contributed by atoms with E-state index >= 15 is 0 Å². The van der Waals surface area contributed by atoms with E-state index < -0.39 is 95.2 Å². The van der Waals surface area contributed by atoms with E-state index in [0.29, 0.717) is 0 Å². The third-order valence-electron chi connectivity index (χ3n) is 6.84. The van der Waals surface area contributed by atoms with Crippen molar-refractivity contribution in [3.8, 4) is 0 Å². The molecule has 0 N–H and O–H groups in total. The summed E-state index contributed by atoms with van der Waals surface area (Å²) >= 11 is 0. The third-order valence-corrected chi connectivity index (χ3v) is 6.84. The van der Waals surface area contributed by atoms with Gasteiger partial charge in [-0.3, -0.25) is 19.9 Å². The highest BCUT2D eigenvalue weighted by Gasteiger charge is 2.90. The molecular formula is C25H21F13N2O6. The molecule has 2 atom stereocenters. The molecule has 46 heavy (non-hydrogen) atoms. The van der Waals surface area contributed by atoms with Gasteiger partial charge in [0.2, 0.25) is 0 Å². The molecule has 2 rings (SSSR count). The number of hydrogen-bond acceptors (Lipinski definition) is 7. The number of methoxy groups -OCH3 is 1. The minimum atomic E-state index is -8.05. The van der Waals surface area contributed by atoms with E-state index in [1.54, 1.807) is 0 Å². The van der Waals surface area contributed by atoms with Crippen LogP contribution in [0.3, 0.4) is 0 Å². The lowest BCUT2D eigenvalue weighted by molar-refractivity contribution is -0.440. The summed E-state index contributed by atoms with van der Waals surface area (Å²) in [5.74, 6) is -43.5. The van der Waals surface area contributed by atoms with Gasteiger partial charge < -0.3 is 9.47 Å². The lowest BCUT2D eigenvalue weighted by Gasteiger charge is -2.39. The zero-order valence-electron chi connectivity index (χ0n) is 23.3. The van der Waals surface area contributed by atoms with Crippen molar-refractivity contribution >= 4 is 23.3 Å². The topological polar surface area (TPSA) is 108 Å². The first-order valence-corrected chi connectivity index (χ1v) is 12.4. The van der Waals surface area contributed by atoms with Crippen molar-refractivity contribution in [2.45, 2.75) is 68.4 Å². The number of benzene rings is 1. The number of nitro groups is 1. The number of carbonyl (C=O) groups is 2. The third kappa shape index (κ3) is 6.36. The van der Waals surface area contributed by atoms with Gasteiger partial charge in [-0.05, 0) is 20.3 Å². The second kappa shape index (κ2) is 12.7. The van der Waals surface area contributed by atoms with Gasteiger partial charge in [0, 0.05) is 35.4 Å². The maximum Gasteiger partial charge on any atom is 0.460 e. The molecule has 0 spiro atoms. The molecule has 8 nitrogen and oxygen atoms in total. The molecule has 1 aromatic carbocycles. The van der Waals surface area contributed by atoms with Gasteiger partial charge >= 0.3 is 47.7 Å². The van der Waals surface area contributed by atoms with Crippen LogP contribution in [-0.4, -0.2) is 72.1 Å². The van der Waals surface area contributed by atoms with Crippen LogP contribution < -0.4 is 0 Å². The van der Waals surface area contributed by atoms with Crippen molar-refractivity contribution in [3.63, 3.8) is 0 Å². The molecule has 0 aromatic heterocycles. The van der Waals surface area contributed by atoms with Crippen molar-refractivity contribution in [1.29, 1.82) is 0 Å². The summed E-state index contributed by atoms with van der Waals surface area (Å²) in [5, 5.41) is 11.7. The number of ether oxygens (including phenoxy) is 2. The Labute approximate surface area is 249 Å². The van der Waals surface area contributed by atoms with Crippen molar-refractivity contribution in [3.05, 3.63) is 51.2 Å². The average Bonchev–Trinajstić information content (AvgIpc) is 2.93. The Hall–Kier alpha value is -3.94. The van der Waals surface area contributed by atoms with E-state index in [1.165, 1.54) is 19.1 Å². The van der Waals surface area contributed by atoms with Crippen molar-refractivity contribution < 1.29 is 81.1 Å². The molecule has 2 unspecified atom stereocenters. The van der Waals surface area contributed by atoms with Crippen LogP contribution in [0, 0.1) is 16.0 Å². The van der Waals surface area contributed by atoms with E-state index in [-0.39, 0.29) is 17.0 Å². The second-order valence-corrected chi connectivity index (χ2v) is 9.79. The number of nitro benzene ring substituents is 1. The zero-order chi connectivity index (χ0) is 35.8. The summed E-state index contributed by atoms with van der Waals surface area (Å²) in [5.41, 5.74) is -1.75. The van der Waals surface area contributed by atoms with Crippen LogP contribution in [0.1, 0.15) is 38.2 Å². The molecule has 0 fully saturated rings. The number of rotatable bonds is 12. The predicted molar refractivity (Wildman–Crippen MR) is 128 cm³/mol. The number of nitrogens with zero attached hydrogens (tertiary/aromatic N) is 2. The average molecular weight is 692 g/mol. The molecule has 21 heteroatoms. The number of carbonyl (C=O) groups excluding carboxylic acids is 2. The smallest absolute Gasteiger partial charge is 0.460 e. The highest BCUT2D eigenvalue weighted by Crippen LogP contribution is 2.60. The van der Waals surface area contributed by atoms with Crippen LogP contribution in [0.25, 0.3) is 0 Å². The zero-order valence-corrected chi connectivity index (χ0v) is 23.3. The number of aliphatic imine (C=N–C) groups is 1. The summed E-state index contributed by atoms with van der Waals surface area (Å²) in [6, 6.07) is 4.64. The van der Waals surface area contributed by atoms with Crippen LogP contribution in [0.5, 0.6) is 0 Å². The lowest BCUT2D eigenvalue weighted by atomic mass is 9.75. The quantitative estimate of drug-likeness (QED) is 0.0750. The maximum absolute atomic E-state index is 14.1. The summed E-state index contributed by atoms with van der Waals surface area (Å²) in [4.78, 5) is 40.4. The summed E-state index contributed by atoms with van der Waals surface area (Å²) in [7, 11) is 0.925. The monoisotopic (exact) mass is 692 g/mol. The summed E-state index contributed by atoms with van der Waals surface area (Å²) in [6.45, 7) is 1.04. The van der Waals surface area contributed by atoms with Crippen LogP contribution in [0.15, 0.2) is 40.5 Å². The molecule has 0 aliphatic carbocycles. The van der Waals surface area contributed by atoms with Crippen molar-refractivity contribution in [2.24, 2.45) is 10.9 Å². The van der Waals surface area contributed by atoms with E-state index in [4.69, 9.17) is 9.47 Å². The van der Waals surface area contributed by atoms with E-state index in [2.05, 4.69) is 4.99 Å². The molecule has 0 saturated heterocycles. The number of alkyl halides is 13. The maximum atomic E-state index is 14.1. The normalized spacial score (nSPS) is 18.7. The van der Waals surface area contributed by atoms with Gasteiger partial charge in [-0.1, -0.05) is 18.2 Å². The first-order chi connectivity index (χ1) is 20.7.